The van der Waals surface area contributed by atoms with E-state index in [1.54, 1.807) is 0 Å². The highest BCUT2D eigenvalue weighted by molar-refractivity contribution is 9.10. The van der Waals surface area contributed by atoms with Crippen molar-refractivity contribution in [2.45, 2.75) is 51.0 Å². The van der Waals surface area contributed by atoms with Gasteiger partial charge in [0, 0.05) is 22.1 Å². The molecule has 1 aromatic heterocycles. The Morgan fingerprint density at radius 1 is 1.14 bits per heavy atom. The number of halogens is 1. The van der Waals surface area contributed by atoms with Crippen LogP contribution >= 0.6 is 15.9 Å². The lowest BCUT2D eigenvalue weighted by molar-refractivity contribution is 0.0572. The third-order valence-corrected chi connectivity index (χ3v) is 5.96. The third-order valence-electron chi connectivity index (χ3n) is 5.53. The molecular formula is C18H21BrN2. The number of aromatic nitrogens is 1. The largest absolute Gasteiger partial charge is 0.380 e. The molecule has 0 bridgehead atoms. The summed E-state index contributed by atoms with van der Waals surface area (Å²) in [5, 5.41) is 5.02. The Morgan fingerprint density at radius 2 is 2.00 bits per heavy atom. The first-order chi connectivity index (χ1) is 10.3. The predicted molar refractivity (Wildman–Crippen MR) is 91.6 cm³/mol. The van der Waals surface area contributed by atoms with Crippen LogP contribution in [0.4, 0.5) is 5.69 Å². The van der Waals surface area contributed by atoms with Gasteiger partial charge in [0.2, 0.25) is 0 Å². The predicted octanol–water partition coefficient (Wildman–Crippen LogP) is 5.52. The number of nitrogens with one attached hydrogen (secondary N) is 1. The van der Waals surface area contributed by atoms with E-state index in [1.165, 1.54) is 56.0 Å². The van der Waals surface area contributed by atoms with Crippen molar-refractivity contribution in [2.75, 3.05) is 5.32 Å². The second kappa shape index (κ2) is 5.28. The van der Waals surface area contributed by atoms with Crippen molar-refractivity contribution in [2.24, 2.45) is 5.41 Å². The van der Waals surface area contributed by atoms with Crippen LogP contribution in [0.1, 0.15) is 44.9 Å². The minimum absolute atomic E-state index is 0.579. The molecule has 0 saturated heterocycles. The van der Waals surface area contributed by atoms with Crippen LogP contribution in [-0.4, -0.2) is 11.0 Å². The summed E-state index contributed by atoms with van der Waals surface area (Å²) < 4.78 is 1.04. The van der Waals surface area contributed by atoms with E-state index < -0.39 is 0 Å². The van der Waals surface area contributed by atoms with E-state index in [1.807, 2.05) is 6.20 Å². The van der Waals surface area contributed by atoms with Gasteiger partial charge >= 0.3 is 0 Å². The van der Waals surface area contributed by atoms with Gasteiger partial charge in [-0.15, -0.1) is 0 Å². The zero-order chi connectivity index (χ0) is 14.3. The molecule has 0 radical (unpaired) electrons. The number of para-hydroxylation sites is 1. The fourth-order valence-corrected chi connectivity index (χ4v) is 4.56. The normalized spacial score (nSPS) is 24.0. The Bertz CT molecular complexity index is 661. The Hall–Kier alpha value is -1.09. The lowest BCUT2D eigenvalue weighted by Crippen LogP contribution is -2.50. The number of hydrogen-bond donors (Lipinski definition) is 1. The van der Waals surface area contributed by atoms with Gasteiger partial charge in [-0.3, -0.25) is 4.98 Å². The summed E-state index contributed by atoms with van der Waals surface area (Å²) in [4.78, 5) is 4.62. The van der Waals surface area contributed by atoms with E-state index in [0.717, 1.165) is 9.99 Å². The van der Waals surface area contributed by atoms with Gasteiger partial charge in [-0.1, -0.05) is 31.4 Å². The number of benzene rings is 1. The summed E-state index contributed by atoms with van der Waals surface area (Å²) in [7, 11) is 0. The number of rotatable bonds is 2. The molecule has 4 rings (SSSR count). The average Bonchev–Trinajstić information content (AvgIpc) is 2.52. The van der Waals surface area contributed by atoms with Gasteiger partial charge < -0.3 is 5.32 Å². The van der Waals surface area contributed by atoms with Crippen LogP contribution in [0.3, 0.4) is 0 Å². The van der Waals surface area contributed by atoms with E-state index in [-0.39, 0.29) is 0 Å². The second-order valence-corrected chi connectivity index (χ2v) is 7.61. The molecule has 2 saturated carbocycles. The van der Waals surface area contributed by atoms with Crippen LogP contribution in [0.2, 0.25) is 0 Å². The first kappa shape index (κ1) is 13.6. The Balaban J connectivity index is 1.62. The van der Waals surface area contributed by atoms with E-state index in [0.29, 0.717) is 11.5 Å². The SMILES string of the molecule is Brc1cnc2c(NC3CCC34CCCCC4)cccc2c1. The molecule has 3 heteroatoms. The summed E-state index contributed by atoms with van der Waals surface area (Å²) in [6.45, 7) is 0. The topological polar surface area (TPSA) is 24.9 Å². The molecule has 1 heterocycles. The molecule has 21 heavy (non-hydrogen) atoms. The Labute approximate surface area is 134 Å². The standard InChI is InChI=1S/C18H21BrN2/c19-14-11-13-5-4-6-15(17(13)20-12-14)21-16-7-10-18(16)8-2-1-3-9-18/h4-6,11-12,16,21H,1-3,7-10H2. The lowest BCUT2D eigenvalue weighted by atomic mass is 9.57. The number of pyridine rings is 1. The number of anilines is 1. The van der Waals surface area contributed by atoms with Gasteiger partial charge in [-0.2, -0.15) is 0 Å². The smallest absolute Gasteiger partial charge is 0.0934 e. The van der Waals surface area contributed by atoms with Crippen molar-refractivity contribution in [3.8, 4) is 0 Å². The molecule has 1 unspecified atom stereocenters. The number of nitrogens with zero attached hydrogens (tertiary/aromatic N) is 1. The first-order valence-electron chi connectivity index (χ1n) is 8.08. The molecule has 2 fully saturated rings. The van der Waals surface area contributed by atoms with Gasteiger partial charge in [0.05, 0.1) is 11.2 Å². The third kappa shape index (κ3) is 2.36. The minimum Gasteiger partial charge on any atom is -0.380 e. The summed E-state index contributed by atoms with van der Waals surface area (Å²) in [5.41, 5.74) is 2.88. The maximum absolute atomic E-state index is 4.62. The molecule has 2 nitrogen and oxygen atoms in total. The van der Waals surface area contributed by atoms with Gasteiger partial charge in [-0.25, -0.2) is 0 Å². The van der Waals surface area contributed by atoms with E-state index in [2.05, 4.69) is 50.5 Å². The maximum Gasteiger partial charge on any atom is 0.0934 e. The van der Waals surface area contributed by atoms with Crippen molar-refractivity contribution >= 4 is 32.5 Å². The fourth-order valence-electron chi connectivity index (χ4n) is 4.21. The van der Waals surface area contributed by atoms with E-state index >= 15 is 0 Å². The molecule has 2 aliphatic rings. The highest BCUT2D eigenvalue weighted by Gasteiger charge is 2.46. The van der Waals surface area contributed by atoms with Crippen LogP contribution in [0, 0.1) is 5.41 Å². The molecule has 2 aliphatic carbocycles. The Kier molecular flexibility index (Phi) is 3.41. The summed E-state index contributed by atoms with van der Waals surface area (Å²) >= 11 is 3.51. The summed E-state index contributed by atoms with van der Waals surface area (Å²) in [6.07, 6.45) is 11.7. The van der Waals surface area contributed by atoms with Crippen molar-refractivity contribution in [3.05, 3.63) is 34.9 Å². The summed E-state index contributed by atoms with van der Waals surface area (Å²) in [6, 6.07) is 9.23. The molecule has 0 amide bonds. The molecule has 1 atom stereocenters. The van der Waals surface area contributed by atoms with Gasteiger partial charge in [-0.05, 0) is 59.2 Å². The maximum atomic E-state index is 4.62. The van der Waals surface area contributed by atoms with Crippen LogP contribution in [0.5, 0.6) is 0 Å². The van der Waals surface area contributed by atoms with E-state index in [4.69, 9.17) is 0 Å². The van der Waals surface area contributed by atoms with Crippen LogP contribution < -0.4 is 5.32 Å². The van der Waals surface area contributed by atoms with E-state index in [9.17, 15) is 0 Å². The Morgan fingerprint density at radius 3 is 2.76 bits per heavy atom. The van der Waals surface area contributed by atoms with Crippen LogP contribution in [0.25, 0.3) is 10.9 Å². The van der Waals surface area contributed by atoms with Crippen LogP contribution in [-0.2, 0) is 0 Å². The quantitative estimate of drug-likeness (QED) is 0.775. The van der Waals surface area contributed by atoms with Crippen molar-refractivity contribution in [1.82, 2.24) is 4.98 Å². The molecule has 0 aliphatic heterocycles. The van der Waals surface area contributed by atoms with Crippen molar-refractivity contribution in [1.29, 1.82) is 0 Å². The fraction of sp³-hybridized carbons (Fsp3) is 0.500. The highest BCUT2D eigenvalue weighted by Crippen LogP contribution is 2.52. The molecular weight excluding hydrogens is 324 g/mol. The zero-order valence-corrected chi connectivity index (χ0v) is 13.8. The van der Waals surface area contributed by atoms with Gasteiger partial charge in [0.1, 0.15) is 0 Å². The first-order valence-corrected chi connectivity index (χ1v) is 8.87. The highest BCUT2D eigenvalue weighted by atomic mass is 79.9. The minimum atomic E-state index is 0.579. The zero-order valence-electron chi connectivity index (χ0n) is 12.2. The number of hydrogen-bond acceptors (Lipinski definition) is 2. The number of fused-ring (bicyclic) bond motifs is 1. The molecule has 110 valence electrons. The van der Waals surface area contributed by atoms with Crippen molar-refractivity contribution < 1.29 is 0 Å². The monoisotopic (exact) mass is 344 g/mol. The lowest BCUT2D eigenvalue weighted by Gasteiger charge is -2.52. The van der Waals surface area contributed by atoms with Crippen molar-refractivity contribution in [3.63, 3.8) is 0 Å². The van der Waals surface area contributed by atoms with Crippen LogP contribution in [0.15, 0.2) is 34.9 Å². The second-order valence-electron chi connectivity index (χ2n) is 6.69. The molecule has 1 aromatic carbocycles. The molecule has 1 spiro atoms. The molecule has 1 N–H and O–H groups in total. The van der Waals surface area contributed by atoms with Gasteiger partial charge in [0.15, 0.2) is 0 Å². The summed E-state index contributed by atoms with van der Waals surface area (Å²) in [5.74, 6) is 0. The van der Waals surface area contributed by atoms with Gasteiger partial charge in [0.25, 0.3) is 0 Å². The average molecular weight is 345 g/mol. The molecule has 2 aromatic rings.